The Morgan fingerprint density at radius 1 is 1.16 bits per heavy atom. The number of rotatable bonds is 5. The summed E-state index contributed by atoms with van der Waals surface area (Å²) in [5.74, 6) is 1.88. The van der Waals surface area contributed by atoms with E-state index in [0.717, 1.165) is 59.6 Å². The molecule has 162 valence electrons. The van der Waals surface area contributed by atoms with Crippen molar-refractivity contribution >= 4 is 17.7 Å². The zero-order valence-corrected chi connectivity index (χ0v) is 19.2. The second-order valence-corrected chi connectivity index (χ2v) is 8.84. The number of pyridine rings is 1. The highest BCUT2D eigenvalue weighted by molar-refractivity contribution is 7.99. The lowest BCUT2D eigenvalue weighted by molar-refractivity contribution is -0.132. The van der Waals surface area contributed by atoms with Crippen LogP contribution in [0.25, 0.3) is 11.1 Å². The van der Waals surface area contributed by atoms with Crippen LogP contribution < -0.4 is 0 Å². The van der Waals surface area contributed by atoms with Crippen LogP contribution in [0.15, 0.2) is 34.3 Å². The minimum Gasteiger partial charge on any atom is -0.437 e. The number of likely N-dealkylation sites (tertiary alicyclic amines) is 1. The van der Waals surface area contributed by atoms with E-state index in [1.54, 1.807) is 6.20 Å². The van der Waals surface area contributed by atoms with Crippen LogP contribution in [0.2, 0.25) is 0 Å². The first-order valence-corrected chi connectivity index (χ1v) is 11.5. The molecular weight excluding hydrogens is 410 g/mol. The molecule has 0 aromatic carbocycles. The van der Waals surface area contributed by atoms with Gasteiger partial charge in [-0.15, -0.1) is 0 Å². The molecule has 1 aliphatic heterocycles. The molecule has 0 radical (unpaired) electrons. The van der Waals surface area contributed by atoms with Gasteiger partial charge in [-0.1, -0.05) is 11.8 Å². The number of hydrogen-bond donors (Lipinski definition) is 0. The van der Waals surface area contributed by atoms with E-state index >= 15 is 0 Å². The molecule has 3 aromatic heterocycles. The normalized spacial score (nSPS) is 16.5. The highest BCUT2D eigenvalue weighted by atomic mass is 32.2. The van der Waals surface area contributed by atoms with Gasteiger partial charge in [-0.25, -0.2) is 15.0 Å². The van der Waals surface area contributed by atoms with Crippen molar-refractivity contribution in [2.24, 2.45) is 0 Å². The van der Waals surface area contributed by atoms with Crippen LogP contribution in [0.1, 0.15) is 53.8 Å². The number of thioether (sulfide) groups is 1. The maximum atomic E-state index is 13.2. The third-order valence-corrected chi connectivity index (χ3v) is 6.53. The Balaban J connectivity index is 1.62. The van der Waals surface area contributed by atoms with E-state index in [4.69, 9.17) is 9.40 Å². The van der Waals surface area contributed by atoms with E-state index in [1.165, 1.54) is 11.8 Å². The van der Waals surface area contributed by atoms with Crippen molar-refractivity contribution in [3.8, 4) is 11.1 Å². The van der Waals surface area contributed by atoms with E-state index in [1.807, 2.05) is 51.1 Å². The number of nitrogens with zero attached hydrogens (tertiary/aromatic N) is 5. The molecule has 31 heavy (non-hydrogen) atoms. The molecule has 1 aliphatic rings. The topological polar surface area (TPSA) is 85.0 Å². The first-order chi connectivity index (χ1) is 14.9. The second kappa shape index (κ2) is 9.18. The molecule has 0 bridgehead atoms. The largest absolute Gasteiger partial charge is 0.437 e. The van der Waals surface area contributed by atoms with Gasteiger partial charge in [-0.3, -0.25) is 9.78 Å². The summed E-state index contributed by atoms with van der Waals surface area (Å²) in [6.07, 6.45) is 8.47. The van der Waals surface area contributed by atoms with E-state index in [-0.39, 0.29) is 11.9 Å². The van der Waals surface area contributed by atoms with Crippen LogP contribution in [-0.4, -0.2) is 43.0 Å². The van der Waals surface area contributed by atoms with Crippen molar-refractivity contribution in [3.05, 3.63) is 53.2 Å². The van der Waals surface area contributed by atoms with Crippen molar-refractivity contribution in [3.63, 3.8) is 0 Å². The Labute approximate surface area is 186 Å². The summed E-state index contributed by atoms with van der Waals surface area (Å²) in [4.78, 5) is 33.1. The molecule has 1 atom stereocenters. The predicted molar refractivity (Wildman–Crippen MR) is 120 cm³/mol. The second-order valence-electron chi connectivity index (χ2n) is 7.92. The first kappa shape index (κ1) is 21.5. The van der Waals surface area contributed by atoms with Gasteiger partial charge in [0.2, 0.25) is 5.91 Å². The fourth-order valence-corrected chi connectivity index (χ4v) is 4.75. The van der Waals surface area contributed by atoms with Crippen molar-refractivity contribution < 1.29 is 9.21 Å². The summed E-state index contributed by atoms with van der Waals surface area (Å²) in [6, 6.07) is 1.92. The summed E-state index contributed by atoms with van der Waals surface area (Å²) in [7, 11) is 0. The highest BCUT2D eigenvalue weighted by Crippen LogP contribution is 2.37. The van der Waals surface area contributed by atoms with E-state index in [0.29, 0.717) is 16.8 Å². The third-order valence-electron chi connectivity index (χ3n) is 5.72. The Bertz CT molecular complexity index is 1080. The van der Waals surface area contributed by atoms with Crippen molar-refractivity contribution in [2.75, 3.05) is 12.3 Å². The van der Waals surface area contributed by atoms with Gasteiger partial charge in [0.1, 0.15) is 11.6 Å². The number of oxazole rings is 1. The smallest absolute Gasteiger partial charge is 0.256 e. The van der Waals surface area contributed by atoms with Crippen LogP contribution in [0, 0.1) is 27.7 Å². The zero-order valence-electron chi connectivity index (χ0n) is 18.4. The van der Waals surface area contributed by atoms with Gasteiger partial charge >= 0.3 is 0 Å². The number of carbonyl (C=O) groups excluding carboxylic acids is 1. The minimum atomic E-state index is -0.0702. The van der Waals surface area contributed by atoms with Gasteiger partial charge in [0.15, 0.2) is 0 Å². The Hall–Kier alpha value is -2.74. The molecule has 0 saturated carbocycles. The average Bonchev–Trinajstić information content (AvgIpc) is 3.10. The highest BCUT2D eigenvalue weighted by Gasteiger charge is 2.31. The quantitative estimate of drug-likeness (QED) is 0.539. The van der Waals surface area contributed by atoms with Gasteiger partial charge in [-0.05, 0) is 64.2 Å². The zero-order chi connectivity index (χ0) is 22.0. The number of carbonyl (C=O) groups is 1. The molecule has 3 aromatic rings. The Kier molecular flexibility index (Phi) is 6.36. The van der Waals surface area contributed by atoms with Crippen LogP contribution in [-0.2, 0) is 4.79 Å². The maximum Gasteiger partial charge on any atom is 0.256 e. The van der Waals surface area contributed by atoms with Crippen LogP contribution in [0.4, 0.5) is 0 Å². The molecule has 0 N–H and O–H groups in total. The number of aryl methyl sites for hydroxylation is 4. The molecule has 1 fully saturated rings. The van der Waals surface area contributed by atoms with Gasteiger partial charge in [-0.2, -0.15) is 0 Å². The fraction of sp³-hybridized carbons (Fsp3) is 0.435. The Morgan fingerprint density at radius 2 is 2.00 bits per heavy atom. The molecule has 1 unspecified atom stereocenters. The first-order valence-electron chi connectivity index (χ1n) is 10.5. The average molecular weight is 438 g/mol. The lowest BCUT2D eigenvalue weighted by Crippen LogP contribution is -2.40. The number of amides is 1. The number of aromatic nitrogens is 4. The summed E-state index contributed by atoms with van der Waals surface area (Å²) in [6.45, 7) is 8.45. The van der Waals surface area contributed by atoms with Crippen LogP contribution in [0.3, 0.4) is 0 Å². The van der Waals surface area contributed by atoms with Gasteiger partial charge in [0, 0.05) is 30.7 Å². The monoisotopic (exact) mass is 437 g/mol. The Morgan fingerprint density at radius 3 is 2.74 bits per heavy atom. The standard InChI is InChI=1S/C23H27N5O2S/c1-14-11-24-9-8-18(14)19-12-25-17(4)27-22(19)20-7-5-6-10-28(20)21(29)13-31-23-26-15(2)16(3)30-23/h8-9,11-12,20H,5-7,10,13H2,1-4H3. The summed E-state index contributed by atoms with van der Waals surface area (Å²) >= 11 is 1.35. The van der Waals surface area contributed by atoms with E-state index < -0.39 is 0 Å². The van der Waals surface area contributed by atoms with Crippen LogP contribution in [0.5, 0.6) is 0 Å². The molecule has 8 heteroatoms. The van der Waals surface area contributed by atoms with Crippen LogP contribution >= 0.6 is 11.8 Å². The number of hydrogen-bond acceptors (Lipinski definition) is 7. The van der Waals surface area contributed by atoms with Crippen molar-refractivity contribution in [1.29, 1.82) is 0 Å². The lowest BCUT2D eigenvalue weighted by atomic mass is 9.93. The summed E-state index contributed by atoms with van der Waals surface area (Å²) < 4.78 is 5.62. The number of piperidine rings is 1. The summed E-state index contributed by atoms with van der Waals surface area (Å²) in [5, 5.41) is 0.544. The fourth-order valence-electron chi connectivity index (χ4n) is 3.95. The van der Waals surface area contributed by atoms with Gasteiger partial charge in [0.25, 0.3) is 5.22 Å². The molecule has 0 spiro atoms. The van der Waals surface area contributed by atoms with E-state index in [9.17, 15) is 4.79 Å². The van der Waals surface area contributed by atoms with E-state index in [2.05, 4.69) is 15.0 Å². The van der Waals surface area contributed by atoms with Gasteiger partial charge in [0.05, 0.1) is 23.2 Å². The lowest BCUT2D eigenvalue weighted by Gasteiger charge is -2.36. The molecule has 1 amide bonds. The maximum absolute atomic E-state index is 13.2. The third kappa shape index (κ3) is 4.63. The minimum absolute atomic E-state index is 0.0702. The van der Waals surface area contributed by atoms with Crippen molar-refractivity contribution in [1.82, 2.24) is 24.8 Å². The molecule has 0 aliphatic carbocycles. The summed E-state index contributed by atoms with van der Waals surface area (Å²) in [5.41, 5.74) is 4.88. The van der Waals surface area contributed by atoms with Crippen molar-refractivity contribution in [2.45, 2.75) is 58.2 Å². The molecule has 4 rings (SSSR count). The molecule has 7 nitrogen and oxygen atoms in total. The molecular formula is C23H27N5O2S. The van der Waals surface area contributed by atoms with Gasteiger partial charge < -0.3 is 9.32 Å². The molecule has 1 saturated heterocycles. The SMILES string of the molecule is Cc1ncc(-c2ccncc2C)c(C2CCCCN2C(=O)CSc2nc(C)c(C)o2)n1. The molecule has 4 heterocycles. The predicted octanol–water partition coefficient (Wildman–Crippen LogP) is 4.61.